The number of nitrogens with one attached hydrogen (secondary N) is 2. The van der Waals surface area contributed by atoms with Gasteiger partial charge < -0.3 is 10.6 Å². The van der Waals surface area contributed by atoms with Crippen molar-refractivity contribution in [2.24, 2.45) is 0 Å². The minimum atomic E-state index is 0.162. The molecule has 1 saturated carbocycles. The Labute approximate surface area is 151 Å². The lowest BCUT2D eigenvalue weighted by Gasteiger charge is -2.23. The lowest BCUT2D eigenvalue weighted by Crippen LogP contribution is -2.23. The number of aryl methyl sites for hydroxylation is 1. The van der Waals surface area contributed by atoms with Gasteiger partial charge in [0.15, 0.2) is 0 Å². The zero-order valence-electron chi connectivity index (χ0n) is 15.9. The second kappa shape index (κ2) is 7.42. The van der Waals surface area contributed by atoms with Crippen molar-refractivity contribution in [3.8, 4) is 0 Å². The molecule has 1 fully saturated rings. The molecule has 25 heavy (non-hydrogen) atoms. The van der Waals surface area contributed by atoms with Crippen LogP contribution in [0, 0.1) is 6.92 Å². The number of hydrogen-bond acceptors (Lipinski definition) is 4. The smallest absolute Gasteiger partial charge is 0.229 e. The van der Waals surface area contributed by atoms with Crippen molar-refractivity contribution in [1.82, 2.24) is 9.97 Å². The second-order valence-corrected chi connectivity index (χ2v) is 8.15. The van der Waals surface area contributed by atoms with Gasteiger partial charge in [0.1, 0.15) is 5.82 Å². The fourth-order valence-corrected chi connectivity index (χ4v) is 3.34. The Morgan fingerprint density at radius 3 is 2.28 bits per heavy atom. The molecular formula is C21H30N4. The van der Waals surface area contributed by atoms with Gasteiger partial charge in [-0.2, -0.15) is 4.98 Å². The SMILES string of the molecule is Cc1cc(NC2CCCCC2)nc(Nc2ccc(C(C)(C)C)cc2)n1. The highest BCUT2D eigenvalue weighted by atomic mass is 15.1. The lowest BCUT2D eigenvalue weighted by molar-refractivity contribution is 0.462. The maximum Gasteiger partial charge on any atom is 0.229 e. The fourth-order valence-electron chi connectivity index (χ4n) is 3.34. The average molecular weight is 338 g/mol. The molecular weight excluding hydrogens is 308 g/mol. The summed E-state index contributed by atoms with van der Waals surface area (Å²) in [6.45, 7) is 8.69. The molecule has 0 bridgehead atoms. The summed E-state index contributed by atoms with van der Waals surface area (Å²) in [5.41, 5.74) is 3.47. The van der Waals surface area contributed by atoms with Crippen LogP contribution in [0.5, 0.6) is 0 Å². The Morgan fingerprint density at radius 1 is 0.960 bits per heavy atom. The molecule has 2 aromatic rings. The first-order valence-corrected chi connectivity index (χ1v) is 9.40. The third-order valence-corrected chi connectivity index (χ3v) is 4.82. The van der Waals surface area contributed by atoms with Crippen molar-refractivity contribution in [3.05, 3.63) is 41.6 Å². The largest absolute Gasteiger partial charge is 0.367 e. The van der Waals surface area contributed by atoms with E-state index in [1.165, 1.54) is 37.7 Å². The van der Waals surface area contributed by atoms with Crippen LogP contribution in [-0.4, -0.2) is 16.0 Å². The summed E-state index contributed by atoms with van der Waals surface area (Å²) in [5, 5.41) is 6.92. The Hall–Kier alpha value is -2.10. The fraction of sp³-hybridized carbons (Fsp3) is 0.524. The minimum absolute atomic E-state index is 0.162. The van der Waals surface area contributed by atoms with E-state index in [0.29, 0.717) is 12.0 Å². The van der Waals surface area contributed by atoms with Gasteiger partial charge >= 0.3 is 0 Å². The van der Waals surface area contributed by atoms with Crippen LogP contribution < -0.4 is 10.6 Å². The third-order valence-electron chi connectivity index (χ3n) is 4.82. The lowest BCUT2D eigenvalue weighted by atomic mass is 9.87. The summed E-state index contributed by atoms with van der Waals surface area (Å²) in [4.78, 5) is 9.19. The molecule has 4 heteroatoms. The van der Waals surface area contributed by atoms with E-state index < -0.39 is 0 Å². The quantitative estimate of drug-likeness (QED) is 0.765. The molecule has 0 radical (unpaired) electrons. The van der Waals surface area contributed by atoms with Gasteiger partial charge in [-0.3, -0.25) is 0 Å². The molecule has 1 aromatic carbocycles. The van der Waals surface area contributed by atoms with E-state index in [2.05, 4.69) is 65.6 Å². The highest BCUT2D eigenvalue weighted by Gasteiger charge is 2.15. The molecule has 1 aromatic heterocycles. The molecule has 3 rings (SSSR count). The van der Waals surface area contributed by atoms with E-state index in [1.54, 1.807) is 0 Å². The van der Waals surface area contributed by atoms with E-state index >= 15 is 0 Å². The number of rotatable bonds is 4. The van der Waals surface area contributed by atoms with Gasteiger partial charge in [-0.25, -0.2) is 4.98 Å². The van der Waals surface area contributed by atoms with Crippen molar-refractivity contribution in [1.29, 1.82) is 0 Å². The van der Waals surface area contributed by atoms with E-state index in [9.17, 15) is 0 Å². The van der Waals surface area contributed by atoms with Gasteiger partial charge in [-0.05, 0) is 42.9 Å². The maximum absolute atomic E-state index is 4.66. The van der Waals surface area contributed by atoms with Gasteiger partial charge in [-0.1, -0.05) is 52.2 Å². The van der Waals surface area contributed by atoms with Crippen molar-refractivity contribution < 1.29 is 0 Å². The van der Waals surface area contributed by atoms with Gasteiger partial charge in [0.2, 0.25) is 5.95 Å². The maximum atomic E-state index is 4.66. The molecule has 1 heterocycles. The van der Waals surface area contributed by atoms with Crippen LogP contribution in [0.15, 0.2) is 30.3 Å². The molecule has 0 spiro atoms. The first-order chi connectivity index (χ1) is 11.9. The molecule has 0 unspecified atom stereocenters. The van der Waals surface area contributed by atoms with Crippen LogP contribution in [0.25, 0.3) is 0 Å². The molecule has 0 aliphatic heterocycles. The number of nitrogens with zero attached hydrogens (tertiary/aromatic N) is 2. The summed E-state index contributed by atoms with van der Waals surface area (Å²) in [6.07, 6.45) is 6.46. The summed E-state index contributed by atoms with van der Waals surface area (Å²) in [6, 6.07) is 11.1. The predicted molar refractivity (Wildman–Crippen MR) is 106 cm³/mol. The first-order valence-electron chi connectivity index (χ1n) is 9.40. The van der Waals surface area contributed by atoms with Crippen LogP contribution >= 0.6 is 0 Å². The highest BCUT2D eigenvalue weighted by Crippen LogP contribution is 2.25. The Balaban J connectivity index is 1.71. The molecule has 2 N–H and O–H groups in total. The van der Waals surface area contributed by atoms with Gasteiger partial charge in [0, 0.05) is 23.5 Å². The predicted octanol–water partition coefficient (Wildman–Crippen LogP) is 5.57. The zero-order chi connectivity index (χ0) is 17.9. The summed E-state index contributed by atoms with van der Waals surface area (Å²) in [7, 11) is 0. The molecule has 0 amide bonds. The second-order valence-electron chi connectivity index (χ2n) is 8.15. The third kappa shape index (κ3) is 4.94. The summed E-state index contributed by atoms with van der Waals surface area (Å²) >= 11 is 0. The normalized spacial score (nSPS) is 15.8. The standard InChI is InChI=1S/C21H30N4/c1-15-14-19(23-17-8-6-5-7-9-17)25-20(22-15)24-18-12-10-16(11-13-18)21(2,3)4/h10-14,17H,5-9H2,1-4H3,(H2,22,23,24,25). The number of aromatic nitrogens is 2. The molecule has 1 aliphatic rings. The number of anilines is 3. The Kier molecular flexibility index (Phi) is 5.26. The van der Waals surface area contributed by atoms with E-state index in [1.807, 2.05) is 13.0 Å². The van der Waals surface area contributed by atoms with Crippen LogP contribution in [0.4, 0.5) is 17.5 Å². The van der Waals surface area contributed by atoms with Crippen LogP contribution in [0.1, 0.15) is 64.1 Å². The first kappa shape index (κ1) is 17.7. The molecule has 1 aliphatic carbocycles. The van der Waals surface area contributed by atoms with Gasteiger partial charge in [0.25, 0.3) is 0 Å². The van der Waals surface area contributed by atoms with E-state index in [-0.39, 0.29) is 5.41 Å². The molecule has 4 nitrogen and oxygen atoms in total. The van der Waals surface area contributed by atoms with Crippen LogP contribution in [0.2, 0.25) is 0 Å². The number of hydrogen-bond donors (Lipinski definition) is 2. The van der Waals surface area contributed by atoms with Crippen molar-refractivity contribution in [3.63, 3.8) is 0 Å². The average Bonchev–Trinajstić information content (AvgIpc) is 2.55. The monoisotopic (exact) mass is 338 g/mol. The molecule has 0 saturated heterocycles. The van der Waals surface area contributed by atoms with E-state index in [0.717, 1.165) is 17.2 Å². The summed E-state index contributed by atoms with van der Waals surface area (Å²) in [5.74, 6) is 1.58. The van der Waals surface area contributed by atoms with Crippen molar-refractivity contribution >= 4 is 17.5 Å². The van der Waals surface area contributed by atoms with Crippen LogP contribution in [-0.2, 0) is 5.41 Å². The number of benzene rings is 1. The summed E-state index contributed by atoms with van der Waals surface area (Å²) < 4.78 is 0. The topological polar surface area (TPSA) is 49.8 Å². The van der Waals surface area contributed by atoms with Gasteiger partial charge in [-0.15, -0.1) is 0 Å². The van der Waals surface area contributed by atoms with Crippen molar-refractivity contribution in [2.75, 3.05) is 10.6 Å². The molecule has 0 atom stereocenters. The van der Waals surface area contributed by atoms with Crippen molar-refractivity contribution in [2.45, 2.75) is 71.3 Å². The Morgan fingerprint density at radius 2 is 1.64 bits per heavy atom. The zero-order valence-corrected chi connectivity index (χ0v) is 15.9. The van der Waals surface area contributed by atoms with Crippen LogP contribution in [0.3, 0.4) is 0 Å². The minimum Gasteiger partial charge on any atom is -0.367 e. The Bertz CT molecular complexity index is 695. The van der Waals surface area contributed by atoms with Gasteiger partial charge in [0.05, 0.1) is 0 Å². The molecule has 134 valence electrons. The van der Waals surface area contributed by atoms with E-state index in [4.69, 9.17) is 0 Å². The highest BCUT2D eigenvalue weighted by molar-refractivity contribution is 5.56.